The number of hydrogen-bond donors (Lipinski definition) is 4. The van der Waals surface area contributed by atoms with Crippen molar-refractivity contribution in [1.29, 1.82) is 0 Å². The Balaban J connectivity index is 0. The molecule has 10 heteroatoms. The van der Waals surface area contributed by atoms with E-state index in [4.69, 9.17) is 19.6 Å². The minimum atomic E-state index is -5.05. The number of hydrogen-bond acceptors (Lipinski definition) is 3. The molecule has 0 heterocycles. The second kappa shape index (κ2) is 4.59. The van der Waals surface area contributed by atoms with E-state index in [0.717, 1.165) is 0 Å². The predicted octanol–water partition coefficient (Wildman–Crippen LogP) is -0.812. The summed E-state index contributed by atoms with van der Waals surface area (Å²) in [7, 11) is -10.1. The molecule has 7 nitrogen and oxygen atoms in total. The Kier molecular flexibility index (Phi) is 6.50. The van der Waals surface area contributed by atoms with Crippen molar-refractivity contribution in [2.24, 2.45) is 0 Å². The van der Waals surface area contributed by atoms with Gasteiger partial charge < -0.3 is 19.6 Å². The Bertz CT molecular complexity index is 152. The average molecular weight is 322 g/mol. The minimum absolute atomic E-state index is 0. The van der Waals surface area contributed by atoms with Crippen LogP contribution in [0.4, 0.5) is 0 Å². The Labute approximate surface area is 88.8 Å². The molecule has 0 spiro atoms. The van der Waals surface area contributed by atoms with Crippen molar-refractivity contribution >= 4 is 15.6 Å². The van der Waals surface area contributed by atoms with Crippen LogP contribution >= 0.6 is 15.6 Å². The van der Waals surface area contributed by atoms with E-state index in [1.165, 1.54) is 0 Å². The second-order valence-corrected chi connectivity index (χ2v) is 3.68. The third-order valence-electron chi connectivity index (χ3n) is 0.213. The molecular formula is H4NdO7P2. The summed E-state index contributed by atoms with van der Waals surface area (Å²) in [5.41, 5.74) is 0. The van der Waals surface area contributed by atoms with Gasteiger partial charge in [0.15, 0.2) is 0 Å². The van der Waals surface area contributed by atoms with Crippen LogP contribution in [0.5, 0.6) is 0 Å². The van der Waals surface area contributed by atoms with Crippen LogP contribution in [0.1, 0.15) is 0 Å². The number of rotatable bonds is 2. The molecule has 0 aromatic heterocycles. The third-order valence-corrected chi connectivity index (χ3v) is 1.91. The molecule has 0 aliphatic carbocycles. The summed E-state index contributed by atoms with van der Waals surface area (Å²) >= 11 is 0. The quantitative estimate of drug-likeness (QED) is 0.490. The topological polar surface area (TPSA) is 124 Å². The Morgan fingerprint density at radius 2 is 1.10 bits per heavy atom. The summed E-state index contributed by atoms with van der Waals surface area (Å²) in [6.07, 6.45) is 0. The second-order valence-electron chi connectivity index (χ2n) is 1.06. The SMILES string of the molecule is O=P(O)(O)OP(=O)(O)O.[Nd]. The molecule has 0 unspecified atom stereocenters. The number of phosphoric acid groups is 2. The van der Waals surface area contributed by atoms with Crippen molar-refractivity contribution in [3.05, 3.63) is 0 Å². The summed E-state index contributed by atoms with van der Waals surface area (Å²) in [4.78, 5) is 31.0. The average Bonchev–Trinajstić information content (AvgIpc) is 1.14. The van der Waals surface area contributed by atoms with Gasteiger partial charge in [0.25, 0.3) is 0 Å². The van der Waals surface area contributed by atoms with Crippen molar-refractivity contribution in [3.8, 4) is 0 Å². The maximum atomic E-state index is 9.63. The van der Waals surface area contributed by atoms with E-state index >= 15 is 0 Å². The first-order valence-corrected chi connectivity index (χ1v) is 4.59. The molecule has 0 amide bonds. The van der Waals surface area contributed by atoms with Crippen LogP contribution in [-0.2, 0) is 13.4 Å². The Hall–Kier alpha value is 1.61. The van der Waals surface area contributed by atoms with E-state index in [1.807, 2.05) is 0 Å². The maximum Gasteiger partial charge on any atom is 0.478 e. The van der Waals surface area contributed by atoms with Gasteiger partial charge in [0, 0.05) is 40.8 Å². The van der Waals surface area contributed by atoms with Gasteiger partial charge in [0.2, 0.25) is 0 Å². The summed E-state index contributed by atoms with van der Waals surface area (Å²) in [6, 6.07) is 0. The van der Waals surface area contributed by atoms with Crippen LogP contribution in [0.3, 0.4) is 0 Å². The van der Waals surface area contributed by atoms with Gasteiger partial charge in [-0.25, -0.2) is 9.13 Å². The molecule has 60 valence electrons. The van der Waals surface area contributed by atoms with E-state index in [1.54, 1.807) is 0 Å². The smallest absolute Gasteiger partial charge is 0.302 e. The van der Waals surface area contributed by atoms with Gasteiger partial charge in [0.1, 0.15) is 0 Å². The van der Waals surface area contributed by atoms with Crippen LogP contribution in [0, 0.1) is 40.8 Å². The molecule has 0 fully saturated rings. The van der Waals surface area contributed by atoms with Crippen LogP contribution in [-0.4, -0.2) is 19.6 Å². The fourth-order valence-electron chi connectivity index (χ4n) is 0.139. The fourth-order valence-corrected chi connectivity index (χ4v) is 1.25. The zero-order valence-electron chi connectivity index (χ0n) is 4.41. The van der Waals surface area contributed by atoms with Crippen LogP contribution in [0.25, 0.3) is 0 Å². The van der Waals surface area contributed by atoms with E-state index in [-0.39, 0.29) is 40.8 Å². The maximum absolute atomic E-state index is 9.63. The van der Waals surface area contributed by atoms with Crippen molar-refractivity contribution in [2.45, 2.75) is 0 Å². The molecule has 0 aromatic carbocycles. The predicted molar refractivity (Wildman–Crippen MR) is 25.2 cm³/mol. The van der Waals surface area contributed by atoms with Gasteiger partial charge in [-0.15, -0.1) is 0 Å². The van der Waals surface area contributed by atoms with E-state index in [2.05, 4.69) is 4.31 Å². The van der Waals surface area contributed by atoms with E-state index < -0.39 is 15.6 Å². The first-order chi connectivity index (χ1) is 3.71. The first kappa shape index (κ1) is 14.2. The Morgan fingerprint density at radius 3 is 1.10 bits per heavy atom. The zero-order valence-corrected chi connectivity index (χ0v) is 9.40. The van der Waals surface area contributed by atoms with Gasteiger partial charge in [-0.05, 0) is 0 Å². The van der Waals surface area contributed by atoms with Gasteiger partial charge in [-0.2, -0.15) is 4.31 Å². The van der Waals surface area contributed by atoms with Gasteiger partial charge in [-0.1, -0.05) is 0 Å². The normalized spacial score (nSPS) is 12.4. The summed E-state index contributed by atoms with van der Waals surface area (Å²) in [5.74, 6) is 0. The molecule has 0 saturated heterocycles. The van der Waals surface area contributed by atoms with Gasteiger partial charge >= 0.3 is 15.6 Å². The summed E-state index contributed by atoms with van der Waals surface area (Å²) in [6.45, 7) is 0. The van der Waals surface area contributed by atoms with Crippen LogP contribution in [0.2, 0.25) is 0 Å². The molecular weight excluding hydrogens is 318 g/mol. The molecule has 0 atom stereocenters. The van der Waals surface area contributed by atoms with Gasteiger partial charge in [0.05, 0.1) is 0 Å². The largest absolute Gasteiger partial charge is 0.478 e. The molecule has 0 radical (unpaired) electrons. The van der Waals surface area contributed by atoms with Crippen molar-refractivity contribution in [2.75, 3.05) is 0 Å². The molecule has 0 aromatic rings. The van der Waals surface area contributed by atoms with Crippen LogP contribution in [0.15, 0.2) is 0 Å². The molecule has 0 bridgehead atoms. The minimum Gasteiger partial charge on any atom is -0.302 e. The fraction of sp³-hybridized carbons (Fsp3) is 0. The van der Waals surface area contributed by atoms with Crippen molar-refractivity contribution in [3.63, 3.8) is 0 Å². The molecule has 0 rings (SSSR count). The Morgan fingerprint density at radius 1 is 0.900 bits per heavy atom. The summed E-state index contributed by atoms with van der Waals surface area (Å²) in [5, 5.41) is 0. The molecule has 0 aliphatic heterocycles. The van der Waals surface area contributed by atoms with E-state index in [0.29, 0.717) is 0 Å². The molecule has 4 N–H and O–H groups in total. The monoisotopic (exact) mass is 320 g/mol. The first-order valence-electron chi connectivity index (χ1n) is 1.53. The summed E-state index contributed by atoms with van der Waals surface area (Å²) < 4.78 is 22.2. The third kappa shape index (κ3) is 12.3. The standard InChI is InChI=1S/Nd.H4O7P2/c;1-8(2,3)7-9(4,5)6/h;(H2,1,2,3)(H2,4,5,6). The molecule has 0 saturated carbocycles. The molecule has 10 heavy (non-hydrogen) atoms. The van der Waals surface area contributed by atoms with Crippen LogP contribution < -0.4 is 0 Å². The van der Waals surface area contributed by atoms with Crippen molar-refractivity contribution in [1.82, 2.24) is 0 Å². The van der Waals surface area contributed by atoms with E-state index in [9.17, 15) is 9.13 Å². The zero-order chi connectivity index (χ0) is 7.71. The van der Waals surface area contributed by atoms with Crippen molar-refractivity contribution < 1.29 is 73.9 Å². The molecule has 0 aliphatic rings. The van der Waals surface area contributed by atoms with Gasteiger partial charge in [-0.3, -0.25) is 0 Å².